The first-order valence-corrected chi connectivity index (χ1v) is 8.53. The molecule has 0 spiro atoms. The number of aromatic nitrogens is 2. The lowest BCUT2D eigenvalue weighted by molar-refractivity contribution is -0.121. The first-order chi connectivity index (χ1) is 12.0. The smallest absolute Gasteiger partial charge is 0.267 e. The third-order valence-electron chi connectivity index (χ3n) is 4.70. The van der Waals surface area contributed by atoms with E-state index in [4.69, 9.17) is 0 Å². The third kappa shape index (κ3) is 4.57. The SMILES string of the molecule is Cc1[nH][nH]c(=O)c1CC(=O)NC1CCN(Cc2ccc(F)cc2)CC1. The van der Waals surface area contributed by atoms with Gasteiger partial charge in [0.2, 0.25) is 5.91 Å². The third-order valence-corrected chi connectivity index (χ3v) is 4.70. The topological polar surface area (TPSA) is 81.0 Å². The molecule has 1 saturated heterocycles. The Morgan fingerprint density at radius 1 is 1.24 bits per heavy atom. The number of hydrogen-bond donors (Lipinski definition) is 3. The average molecular weight is 346 g/mol. The van der Waals surface area contributed by atoms with E-state index < -0.39 is 0 Å². The van der Waals surface area contributed by atoms with Crippen LogP contribution in [-0.4, -0.2) is 40.1 Å². The molecule has 0 aliphatic carbocycles. The minimum Gasteiger partial charge on any atom is -0.353 e. The maximum atomic E-state index is 12.9. The zero-order valence-electron chi connectivity index (χ0n) is 14.3. The number of nitrogens with one attached hydrogen (secondary N) is 3. The van der Waals surface area contributed by atoms with Crippen LogP contribution in [-0.2, 0) is 17.8 Å². The number of piperidine rings is 1. The van der Waals surface area contributed by atoms with E-state index in [0.717, 1.165) is 38.0 Å². The molecule has 7 heteroatoms. The van der Waals surface area contributed by atoms with E-state index in [1.54, 1.807) is 19.1 Å². The summed E-state index contributed by atoms with van der Waals surface area (Å²) in [6.07, 6.45) is 1.84. The van der Waals surface area contributed by atoms with Crippen molar-refractivity contribution in [3.8, 4) is 0 Å². The summed E-state index contributed by atoms with van der Waals surface area (Å²) in [5, 5.41) is 8.24. The predicted molar refractivity (Wildman–Crippen MR) is 92.7 cm³/mol. The standard InChI is InChI=1S/C18H23FN4O2/c1-12-16(18(25)22-21-12)10-17(24)20-15-6-8-23(9-7-15)11-13-2-4-14(19)5-3-13/h2-5,15H,6-11H2,1H3,(H,20,24)(H2,21,22,25). The van der Waals surface area contributed by atoms with Crippen LogP contribution in [0.15, 0.2) is 29.1 Å². The molecule has 1 fully saturated rings. The summed E-state index contributed by atoms with van der Waals surface area (Å²) in [6.45, 7) is 4.32. The Morgan fingerprint density at radius 2 is 1.92 bits per heavy atom. The number of amides is 1. The highest BCUT2D eigenvalue weighted by molar-refractivity contribution is 5.79. The molecule has 0 radical (unpaired) electrons. The minimum absolute atomic E-state index is 0.0977. The number of H-pyrrole nitrogens is 2. The summed E-state index contributed by atoms with van der Waals surface area (Å²) in [5.41, 5.74) is 2.05. The Morgan fingerprint density at radius 3 is 2.52 bits per heavy atom. The highest BCUT2D eigenvalue weighted by Gasteiger charge is 2.21. The maximum Gasteiger partial charge on any atom is 0.267 e. The van der Waals surface area contributed by atoms with Crippen molar-refractivity contribution in [2.24, 2.45) is 0 Å². The number of likely N-dealkylation sites (tertiary alicyclic amines) is 1. The Labute approximate surface area is 145 Å². The summed E-state index contributed by atoms with van der Waals surface area (Å²) in [5.74, 6) is -0.341. The first-order valence-electron chi connectivity index (χ1n) is 8.53. The molecule has 1 amide bonds. The number of nitrogens with zero attached hydrogens (tertiary/aromatic N) is 1. The van der Waals surface area contributed by atoms with Crippen LogP contribution in [0.1, 0.15) is 29.7 Å². The zero-order valence-corrected chi connectivity index (χ0v) is 14.3. The highest BCUT2D eigenvalue weighted by Crippen LogP contribution is 2.14. The number of aryl methyl sites for hydroxylation is 1. The van der Waals surface area contributed by atoms with Crippen molar-refractivity contribution in [3.05, 3.63) is 57.3 Å². The molecule has 0 unspecified atom stereocenters. The Hall–Kier alpha value is -2.41. The van der Waals surface area contributed by atoms with Crippen molar-refractivity contribution in [1.29, 1.82) is 0 Å². The molecule has 134 valence electrons. The molecular weight excluding hydrogens is 323 g/mol. The molecule has 0 saturated carbocycles. The van der Waals surface area contributed by atoms with E-state index in [-0.39, 0.29) is 29.7 Å². The average Bonchev–Trinajstić information content (AvgIpc) is 2.90. The quantitative estimate of drug-likeness (QED) is 0.767. The van der Waals surface area contributed by atoms with Gasteiger partial charge in [0.05, 0.1) is 6.42 Å². The number of carbonyl (C=O) groups is 1. The van der Waals surface area contributed by atoms with Crippen molar-refractivity contribution in [2.45, 2.75) is 38.8 Å². The molecule has 0 atom stereocenters. The number of benzene rings is 1. The molecule has 2 aromatic rings. The molecule has 1 aromatic carbocycles. The fraction of sp³-hybridized carbons (Fsp3) is 0.444. The fourth-order valence-corrected chi connectivity index (χ4v) is 3.21. The molecule has 1 aromatic heterocycles. The maximum absolute atomic E-state index is 12.9. The molecular formula is C18H23FN4O2. The van der Waals surface area contributed by atoms with Gasteiger partial charge >= 0.3 is 0 Å². The molecule has 6 nitrogen and oxygen atoms in total. The van der Waals surface area contributed by atoms with Gasteiger partial charge in [0, 0.05) is 36.9 Å². The number of rotatable bonds is 5. The molecule has 1 aliphatic heterocycles. The van der Waals surface area contributed by atoms with E-state index in [0.29, 0.717) is 11.3 Å². The zero-order chi connectivity index (χ0) is 17.8. The number of hydrogen-bond acceptors (Lipinski definition) is 3. The highest BCUT2D eigenvalue weighted by atomic mass is 19.1. The van der Waals surface area contributed by atoms with Crippen LogP contribution in [0.2, 0.25) is 0 Å². The van der Waals surface area contributed by atoms with Crippen molar-refractivity contribution in [1.82, 2.24) is 20.4 Å². The fourth-order valence-electron chi connectivity index (χ4n) is 3.21. The van der Waals surface area contributed by atoms with Crippen LogP contribution in [0, 0.1) is 12.7 Å². The summed E-state index contributed by atoms with van der Waals surface area (Å²) < 4.78 is 12.9. The van der Waals surface area contributed by atoms with Crippen molar-refractivity contribution in [2.75, 3.05) is 13.1 Å². The van der Waals surface area contributed by atoms with Crippen LogP contribution in [0.25, 0.3) is 0 Å². The largest absolute Gasteiger partial charge is 0.353 e. The normalized spacial score (nSPS) is 16.1. The summed E-state index contributed by atoms with van der Waals surface area (Å²) in [6, 6.07) is 6.70. The molecule has 1 aliphatic rings. The van der Waals surface area contributed by atoms with E-state index in [1.165, 1.54) is 12.1 Å². The lowest BCUT2D eigenvalue weighted by Crippen LogP contribution is -2.45. The second-order valence-corrected chi connectivity index (χ2v) is 6.60. The van der Waals surface area contributed by atoms with Gasteiger partial charge in [-0.2, -0.15) is 0 Å². The molecule has 2 heterocycles. The van der Waals surface area contributed by atoms with Gasteiger partial charge < -0.3 is 10.4 Å². The van der Waals surface area contributed by atoms with Gasteiger partial charge in [-0.25, -0.2) is 4.39 Å². The van der Waals surface area contributed by atoms with Gasteiger partial charge in [-0.1, -0.05) is 12.1 Å². The number of halogens is 1. The van der Waals surface area contributed by atoms with Gasteiger partial charge in [-0.3, -0.25) is 19.6 Å². The van der Waals surface area contributed by atoms with Gasteiger partial charge in [-0.15, -0.1) is 0 Å². The van der Waals surface area contributed by atoms with E-state index in [1.807, 2.05) is 0 Å². The number of carbonyl (C=O) groups excluding carboxylic acids is 1. The van der Waals surface area contributed by atoms with E-state index in [2.05, 4.69) is 20.4 Å². The second kappa shape index (κ2) is 7.65. The monoisotopic (exact) mass is 346 g/mol. The Bertz CT molecular complexity index is 773. The summed E-state index contributed by atoms with van der Waals surface area (Å²) in [7, 11) is 0. The predicted octanol–water partition coefficient (Wildman–Crippen LogP) is 1.47. The summed E-state index contributed by atoms with van der Waals surface area (Å²) in [4.78, 5) is 26.1. The van der Waals surface area contributed by atoms with Gasteiger partial charge in [0.25, 0.3) is 5.56 Å². The molecule has 3 N–H and O–H groups in total. The lowest BCUT2D eigenvalue weighted by atomic mass is 10.0. The van der Waals surface area contributed by atoms with Crippen molar-refractivity contribution in [3.63, 3.8) is 0 Å². The first kappa shape index (κ1) is 17.4. The molecule has 25 heavy (non-hydrogen) atoms. The lowest BCUT2D eigenvalue weighted by Gasteiger charge is -2.32. The van der Waals surface area contributed by atoms with Gasteiger partial charge in [0.15, 0.2) is 0 Å². The summed E-state index contributed by atoms with van der Waals surface area (Å²) >= 11 is 0. The van der Waals surface area contributed by atoms with Crippen LogP contribution >= 0.6 is 0 Å². The van der Waals surface area contributed by atoms with Gasteiger partial charge in [-0.05, 0) is 37.5 Å². The van der Waals surface area contributed by atoms with Crippen molar-refractivity contribution < 1.29 is 9.18 Å². The van der Waals surface area contributed by atoms with E-state index >= 15 is 0 Å². The van der Waals surface area contributed by atoms with Crippen LogP contribution in [0.5, 0.6) is 0 Å². The minimum atomic E-state index is -0.234. The second-order valence-electron chi connectivity index (χ2n) is 6.60. The van der Waals surface area contributed by atoms with E-state index in [9.17, 15) is 14.0 Å². The number of aromatic amines is 2. The van der Waals surface area contributed by atoms with Crippen LogP contribution in [0.4, 0.5) is 4.39 Å². The van der Waals surface area contributed by atoms with Gasteiger partial charge in [0.1, 0.15) is 5.82 Å². The Balaban J connectivity index is 1.45. The Kier molecular flexibility index (Phi) is 5.33. The molecule has 3 rings (SSSR count). The van der Waals surface area contributed by atoms with Crippen molar-refractivity contribution >= 4 is 5.91 Å². The van der Waals surface area contributed by atoms with Crippen LogP contribution < -0.4 is 10.9 Å². The van der Waals surface area contributed by atoms with Crippen LogP contribution in [0.3, 0.4) is 0 Å². The molecule has 0 bridgehead atoms.